The fourth-order valence-corrected chi connectivity index (χ4v) is 2.20. The molecule has 1 aliphatic rings. The van der Waals surface area contributed by atoms with E-state index in [0.717, 1.165) is 17.6 Å². The van der Waals surface area contributed by atoms with E-state index in [4.69, 9.17) is 0 Å². The van der Waals surface area contributed by atoms with Crippen molar-refractivity contribution in [3.05, 3.63) is 40.3 Å². The lowest BCUT2D eigenvalue weighted by Crippen LogP contribution is -2.16. The molecule has 3 heterocycles. The second-order valence-electron chi connectivity index (χ2n) is 4.82. The third-order valence-corrected chi connectivity index (χ3v) is 3.39. The summed E-state index contributed by atoms with van der Waals surface area (Å²) in [7, 11) is 0. The fourth-order valence-electron chi connectivity index (χ4n) is 2.20. The van der Waals surface area contributed by atoms with Gasteiger partial charge in [0.1, 0.15) is 0 Å². The molecule has 0 fully saturated rings. The summed E-state index contributed by atoms with van der Waals surface area (Å²) in [6.45, 7) is 7.29. The Morgan fingerprint density at radius 3 is 2.67 bits per heavy atom. The number of unbranched alkanes of at least 4 members (excludes halogenated alkanes) is 1. The van der Waals surface area contributed by atoms with Crippen LogP contribution in [0.1, 0.15) is 45.1 Å². The Bertz CT molecular complexity index is 599. The first-order valence-corrected chi connectivity index (χ1v) is 6.67. The van der Waals surface area contributed by atoms with E-state index in [1.807, 2.05) is 16.8 Å². The van der Waals surface area contributed by atoms with E-state index in [2.05, 4.69) is 25.8 Å². The lowest BCUT2D eigenvalue weighted by Gasteiger charge is -2.00. The van der Waals surface area contributed by atoms with E-state index in [9.17, 15) is 4.79 Å². The summed E-state index contributed by atoms with van der Waals surface area (Å²) in [5.41, 5.74) is 3.27. The Hall–Kier alpha value is -1.64. The summed E-state index contributed by atoms with van der Waals surface area (Å²) in [5.74, 6) is 0.426. The van der Waals surface area contributed by atoms with Crippen LogP contribution in [0, 0.1) is 0 Å². The molecule has 0 aliphatic carbocycles. The highest BCUT2D eigenvalue weighted by molar-refractivity contribution is 5.80. The minimum atomic E-state index is 0.0797. The lowest BCUT2D eigenvalue weighted by atomic mass is 10.0. The number of hydrogen-bond acceptors (Lipinski definition) is 2. The summed E-state index contributed by atoms with van der Waals surface area (Å²) < 4.78 is 1.82. The molecule has 0 saturated heterocycles. The molecule has 1 aliphatic heterocycles. The summed E-state index contributed by atoms with van der Waals surface area (Å²) in [4.78, 5) is 15.8. The van der Waals surface area contributed by atoms with Gasteiger partial charge < -0.3 is 4.57 Å². The van der Waals surface area contributed by atoms with Crippen LogP contribution < -0.4 is 5.56 Å². The van der Waals surface area contributed by atoms with Gasteiger partial charge in [-0.2, -0.15) is 0 Å². The van der Waals surface area contributed by atoms with Crippen LogP contribution in [0.3, 0.4) is 0 Å². The molecule has 96 valence electrons. The molecule has 3 rings (SSSR count). The molecule has 0 spiro atoms. The molecule has 1 unspecified atom stereocenters. The Morgan fingerprint density at radius 1 is 1.28 bits per heavy atom. The van der Waals surface area contributed by atoms with Crippen molar-refractivity contribution in [1.29, 1.82) is 0 Å². The van der Waals surface area contributed by atoms with E-state index in [0.29, 0.717) is 5.92 Å². The van der Waals surface area contributed by atoms with Crippen LogP contribution in [0.2, 0.25) is 0 Å². The van der Waals surface area contributed by atoms with Crippen molar-refractivity contribution in [3.63, 3.8) is 0 Å². The maximum atomic E-state index is 11.6. The highest BCUT2D eigenvalue weighted by Gasteiger charge is 2.21. The predicted molar refractivity (Wildman–Crippen MR) is 75.0 cm³/mol. The van der Waals surface area contributed by atoms with Crippen LogP contribution in [-0.2, 0) is 6.54 Å². The van der Waals surface area contributed by atoms with Crippen molar-refractivity contribution in [1.82, 2.24) is 9.55 Å². The van der Waals surface area contributed by atoms with Gasteiger partial charge in [0.25, 0.3) is 5.56 Å². The van der Waals surface area contributed by atoms with Gasteiger partial charge in [0, 0.05) is 24.7 Å². The smallest absolute Gasteiger partial charge is 0.251 e. The average molecular weight is 244 g/mol. The average Bonchev–Trinajstić information content (AvgIpc) is 2.74. The van der Waals surface area contributed by atoms with Crippen LogP contribution in [0.25, 0.3) is 11.0 Å². The first-order chi connectivity index (χ1) is 8.69. The summed E-state index contributed by atoms with van der Waals surface area (Å²) >= 11 is 0. The quantitative estimate of drug-likeness (QED) is 0.771. The molecule has 18 heavy (non-hydrogen) atoms. The second kappa shape index (κ2) is 5.34. The van der Waals surface area contributed by atoms with Crippen molar-refractivity contribution in [2.24, 2.45) is 0 Å². The van der Waals surface area contributed by atoms with Gasteiger partial charge in [-0.3, -0.25) is 9.78 Å². The SMILES string of the molecule is CC1Cn2c(=O)ccc3nccc1c32.CCCC. The standard InChI is InChI=1S/C11H10N2O.C4H10/c1-7-6-13-10(14)3-2-9-11(13)8(7)4-5-12-9;1-3-4-2/h2-5,7H,6H2,1H3;3-4H2,1-2H3. The first-order valence-electron chi connectivity index (χ1n) is 6.67. The highest BCUT2D eigenvalue weighted by atomic mass is 16.1. The Morgan fingerprint density at radius 2 is 2.00 bits per heavy atom. The van der Waals surface area contributed by atoms with Gasteiger partial charge in [-0.1, -0.05) is 33.6 Å². The van der Waals surface area contributed by atoms with Gasteiger partial charge in [0.2, 0.25) is 0 Å². The topological polar surface area (TPSA) is 34.9 Å². The Labute approximate surface area is 107 Å². The van der Waals surface area contributed by atoms with Crippen molar-refractivity contribution < 1.29 is 0 Å². The second-order valence-corrected chi connectivity index (χ2v) is 4.82. The molecular formula is C15H20N2O. The zero-order valence-electron chi connectivity index (χ0n) is 11.3. The normalized spacial score (nSPS) is 16.5. The summed E-state index contributed by atoms with van der Waals surface area (Å²) in [6.07, 6.45) is 4.45. The number of hydrogen-bond donors (Lipinski definition) is 0. The van der Waals surface area contributed by atoms with Crippen molar-refractivity contribution in [3.8, 4) is 0 Å². The van der Waals surface area contributed by atoms with Crippen molar-refractivity contribution >= 4 is 11.0 Å². The van der Waals surface area contributed by atoms with Gasteiger partial charge in [-0.25, -0.2) is 0 Å². The summed E-state index contributed by atoms with van der Waals surface area (Å²) in [5, 5.41) is 0. The van der Waals surface area contributed by atoms with Crippen molar-refractivity contribution in [2.75, 3.05) is 0 Å². The molecule has 0 amide bonds. The molecule has 2 aromatic heterocycles. The van der Waals surface area contributed by atoms with Crippen molar-refractivity contribution in [2.45, 2.75) is 46.1 Å². The number of pyridine rings is 2. The maximum absolute atomic E-state index is 11.6. The number of nitrogens with zero attached hydrogens (tertiary/aromatic N) is 2. The largest absolute Gasteiger partial charge is 0.306 e. The Kier molecular flexibility index (Phi) is 3.80. The summed E-state index contributed by atoms with van der Waals surface area (Å²) in [6, 6.07) is 5.41. The molecule has 0 radical (unpaired) electrons. The molecule has 0 N–H and O–H groups in total. The Balaban J connectivity index is 0.000000267. The van der Waals surface area contributed by atoms with Gasteiger partial charge in [0.05, 0.1) is 11.0 Å². The van der Waals surface area contributed by atoms with E-state index < -0.39 is 0 Å². The van der Waals surface area contributed by atoms with Gasteiger partial charge >= 0.3 is 0 Å². The third-order valence-electron chi connectivity index (χ3n) is 3.39. The predicted octanol–water partition coefficient (Wildman–Crippen LogP) is 3.32. The maximum Gasteiger partial charge on any atom is 0.251 e. The third kappa shape index (κ3) is 2.17. The molecule has 0 bridgehead atoms. The van der Waals surface area contributed by atoms with E-state index >= 15 is 0 Å². The monoisotopic (exact) mass is 244 g/mol. The molecule has 3 nitrogen and oxygen atoms in total. The molecule has 0 aromatic carbocycles. The minimum Gasteiger partial charge on any atom is -0.306 e. The zero-order chi connectivity index (χ0) is 13.1. The van der Waals surface area contributed by atoms with E-state index in [1.165, 1.54) is 18.4 Å². The minimum absolute atomic E-state index is 0.0797. The number of aromatic nitrogens is 2. The first kappa shape index (κ1) is 12.8. The van der Waals surface area contributed by atoms with Crippen LogP contribution in [0.5, 0.6) is 0 Å². The van der Waals surface area contributed by atoms with Gasteiger partial charge in [0.15, 0.2) is 0 Å². The van der Waals surface area contributed by atoms with Gasteiger partial charge in [-0.15, -0.1) is 0 Å². The zero-order valence-corrected chi connectivity index (χ0v) is 11.3. The van der Waals surface area contributed by atoms with E-state index in [1.54, 1.807) is 12.1 Å². The molecule has 3 heteroatoms. The molecule has 2 aromatic rings. The van der Waals surface area contributed by atoms with Crippen LogP contribution in [-0.4, -0.2) is 9.55 Å². The fraction of sp³-hybridized carbons (Fsp3) is 0.467. The van der Waals surface area contributed by atoms with E-state index in [-0.39, 0.29) is 5.56 Å². The van der Waals surface area contributed by atoms with Crippen LogP contribution in [0.4, 0.5) is 0 Å². The number of rotatable bonds is 1. The van der Waals surface area contributed by atoms with Crippen LogP contribution >= 0.6 is 0 Å². The van der Waals surface area contributed by atoms with Crippen LogP contribution in [0.15, 0.2) is 29.2 Å². The molecule has 0 saturated carbocycles. The molecular weight excluding hydrogens is 224 g/mol. The molecule has 1 atom stereocenters. The lowest BCUT2D eigenvalue weighted by molar-refractivity contribution is 0.643. The van der Waals surface area contributed by atoms with Gasteiger partial charge in [-0.05, 0) is 17.7 Å². The highest BCUT2D eigenvalue weighted by Crippen LogP contribution is 2.30.